The zero-order chi connectivity index (χ0) is 18.4. The molecule has 2 N–H and O–H groups in total. The summed E-state index contributed by atoms with van der Waals surface area (Å²) in [6, 6.07) is 19.0. The van der Waals surface area contributed by atoms with Crippen LogP contribution < -0.4 is 15.4 Å². The smallest absolute Gasteiger partial charge is 0.257 e. The summed E-state index contributed by atoms with van der Waals surface area (Å²) >= 11 is 0. The van der Waals surface area contributed by atoms with Gasteiger partial charge in [-0.1, -0.05) is 30.3 Å². The minimum Gasteiger partial charge on any atom is -0.497 e. The first kappa shape index (κ1) is 17.5. The molecule has 0 saturated heterocycles. The van der Waals surface area contributed by atoms with Gasteiger partial charge < -0.3 is 15.4 Å². The van der Waals surface area contributed by atoms with Gasteiger partial charge in [-0.15, -0.1) is 0 Å². The van der Waals surface area contributed by atoms with Crippen LogP contribution >= 0.6 is 0 Å². The molecule has 0 aliphatic rings. The first-order valence-corrected chi connectivity index (χ1v) is 8.35. The summed E-state index contributed by atoms with van der Waals surface area (Å²) in [5.74, 6) is 1.20. The molecular formula is C21H21N3O2. The van der Waals surface area contributed by atoms with Crippen LogP contribution in [0.4, 0.5) is 11.5 Å². The number of ether oxygens (including phenoxy) is 1. The SMILES string of the molecule is COc1ccc(CNc2ccc(NC(=O)c3ccccc3C)nc2)cc1. The summed E-state index contributed by atoms with van der Waals surface area (Å²) in [7, 11) is 1.65. The van der Waals surface area contributed by atoms with E-state index in [4.69, 9.17) is 4.74 Å². The van der Waals surface area contributed by atoms with Crippen LogP contribution in [0, 0.1) is 6.92 Å². The van der Waals surface area contributed by atoms with E-state index in [0.29, 0.717) is 17.9 Å². The molecule has 0 fully saturated rings. The fourth-order valence-electron chi connectivity index (χ4n) is 2.53. The lowest BCUT2D eigenvalue weighted by Crippen LogP contribution is -2.14. The van der Waals surface area contributed by atoms with Crippen LogP contribution in [-0.2, 0) is 6.54 Å². The number of anilines is 2. The maximum Gasteiger partial charge on any atom is 0.257 e. The zero-order valence-electron chi connectivity index (χ0n) is 14.8. The van der Waals surface area contributed by atoms with Gasteiger partial charge in [0.25, 0.3) is 5.91 Å². The number of nitrogens with zero attached hydrogens (tertiary/aromatic N) is 1. The van der Waals surface area contributed by atoms with Crippen molar-refractivity contribution in [1.29, 1.82) is 0 Å². The van der Waals surface area contributed by atoms with Crippen molar-refractivity contribution in [3.8, 4) is 5.75 Å². The molecule has 0 radical (unpaired) electrons. The topological polar surface area (TPSA) is 63.2 Å². The molecule has 1 aromatic heterocycles. The number of methoxy groups -OCH3 is 1. The average Bonchev–Trinajstić information content (AvgIpc) is 2.68. The lowest BCUT2D eigenvalue weighted by molar-refractivity contribution is 0.102. The van der Waals surface area contributed by atoms with Crippen LogP contribution in [-0.4, -0.2) is 18.0 Å². The summed E-state index contributed by atoms with van der Waals surface area (Å²) in [6.07, 6.45) is 1.71. The van der Waals surface area contributed by atoms with Gasteiger partial charge in [0.1, 0.15) is 11.6 Å². The van der Waals surface area contributed by atoms with E-state index in [1.165, 1.54) is 0 Å². The van der Waals surface area contributed by atoms with Gasteiger partial charge in [0.05, 0.1) is 19.0 Å². The van der Waals surface area contributed by atoms with Crippen LogP contribution in [0.3, 0.4) is 0 Å². The van der Waals surface area contributed by atoms with Crippen LogP contribution in [0.1, 0.15) is 21.5 Å². The standard InChI is InChI=1S/C21H21N3O2/c1-15-5-3-4-6-19(15)21(25)24-20-12-9-17(14-23-20)22-13-16-7-10-18(26-2)11-8-16/h3-12,14,22H,13H2,1-2H3,(H,23,24,25). The van der Waals surface area contributed by atoms with Crippen molar-refractivity contribution in [2.75, 3.05) is 17.7 Å². The van der Waals surface area contributed by atoms with Crippen LogP contribution in [0.2, 0.25) is 0 Å². The fourth-order valence-corrected chi connectivity index (χ4v) is 2.53. The number of aromatic nitrogens is 1. The summed E-state index contributed by atoms with van der Waals surface area (Å²) < 4.78 is 5.15. The number of amides is 1. The normalized spacial score (nSPS) is 10.2. The Kier molecular flexibility index (Phi) is 5.49. The fraction of sp³-hybridized carbons (Fsp3) is 0.143. The Hall–Kier alpha value is -3.34. The highest BCUT2D eigenvalue weighted by Gasteiger charge is 2.09. The number of carbonyl (C=O) groups is 1. The first-order valence-electron chi connectivity index (χ1n) is 8.35. The Labute approximate surface area is 153 Å². The van der Waals surface area contributed by atoms with Crippen molar-refractivity contribution >= 4 is 17.4 Å². The van der Waals surface area contributed by atoms with E-state index in [2.05, 4.69) is 15.6 Å². The Morgan fingerprint density at radius 2 is 1.81 bits per heavy atom. The molecule has 0 saturated carbocycles. The number of hydrogen-bond donors (Lipinski definition) is 2. The van der Waals surface area contributed by atoms with Crippen molar-refractivity contribution < 1.29 is 9.53 Å². The predicted octanol–water partition coefficient (Wildman–Crippen LogP) is 4.26. The van der Waals surface area contributed by atoms with Gasteiger partial charge in [-0.25, -0.2) is 4.98 Å². The minimum absolute atomic E-state index is 0.158. The molecule has 5 nitrogen and oxygen atoms in total. The molecule has 0 aliphatic carbocycles. The van der Waals surface area contributed by atoms with Gasteiger partial charge in [0.15, 0.2) is 0 Å². The third kappa shape index (κ3) is 4.39. The van der Waals surface area contributed by atoms with Crippen molar-refractivity contribution in [2.45, 2.75) is 13.5 Å². The molecule has 1 amide bonds. The lowest BCUT2D eigenvalue weighted by Gasteiger charge is -2.09. The quantitative estimate of drug-likeness (QED) is 0.699. The number of hydrogen-bond acceptors (Lipinski definition) is 4. The number of carbonyl (C=O) groups excluding carboxylic acids is 1. The van der Waals surface area contributed by atoms with Crippen molar-refractivity contribution in [3.63, 3.8) is 0 Å². The minimum atomic E-state index is -0.158. The average molecular weight is 347 g/mol. The molecule has 26 heavy (non-hydrogen) atoms. The summed E-state index contributed by atoms with van der Waals surface area (Å²) in [5.41, 5.74) is 3.61. The van der Waals surface area contributed by atoms with Crippen LogP contribution in [0.5, 0.6) is 5.75 Å². The molecule has 0 atom stereocenters. The molecule has 132 valence electrons. The second-order valence-corrected chi connectivity index (χ2v) is 5.90. The first-order chi connectivity index (χ1) is 12.7. The van der Waals surface area contributed by atoms with E-state index in [1.807, 2.05) is 55.5 Å². The number of nitrogens with one attached hydrogen (secondary N) is 2. The lowest BCUT2D eigenvalue weighted by atomic mass is 10.1. The molecule has 5 heteroatoms. The monoisotopic (exact) mass is 347 g/mol. The van der Waals surface area contributed by atoms with Gasteiger partial charge in [-0.3, -0.25) is 4.79 Å². The third-order valence-corrected chi connectivity index (χ3v) is 4.05. The molecule has 1 heterocycles. The second-order valence-electron chi connectivity index (χ2n) is 5.90. The van der Waals surface area contributed by atoms with Crippen molar-refractivity contribution in [1.82, 2.24) is 4.98 Å². The third-order valence-electron chi connectivity index (χ3n) is 4.05. The zero-order valence-corrected chi connectivity index (χ0v) is 14.8. The number of benzene rings is 2. The van der Waals surface area contributed by atoms with Gasteiger partial charge >= 0.3 is 0 Å². The van der Waals surface area contributed by atoms with Gasteiger partial charge in [-0.05, 0) is 48.4 Å². The van der Waals surface area contributed by atoms with E-state index >= 15 is 0 Å². The Bertz CT molecular complexity index is 875. The summed E-state index contributed by atoms with van der Waals surface area (Å²) in [5, 5.41) is 6.12. The van der Waals surface area contributed by atoms with E-state index < -0.39 is 0 Å². The predicted molar refractivity (Wildman–Crippen MR) is 104 cm³/mol. The molecule has 3 aromatic rings. The van der Waals surface area contributed by atoms with Crippen molar-refractivity contribution in [2.24, 2.45) is 0 Å². The molecular weight excluding hydrogens is 326 g/mol. The highest BCUT2D eigenvalue weighted by molar-refractivity contribution is 6.04. The second kappa shape index (κ2) is 8.16. The summed E-state index contributed by atoms with van der Waals surface area (Å²) in [4.78, 5) is 16.6. The van der Waals surface area contributed by atoms with Gasteiger partial charge in [0, 0.05) is 12.1 Å². The molecule has 3 rings (SSSR count). The highest BCUT2D eigenvalue weighted by Crippen LogP contribution is 2.15. The molecule has 0 aliphatic heterocycles. The molecule has 0 bridgehead atoms. The van der Waals surface area contributed by atoms with Gasteiger partial charge in [-0.2, -0.15) is 0 Å². The van der Waals surface area contributed by atoms with Gasteiger partial charge in [0.2, 0.25) is 0 Å². The maximum atomic E-state index is 12.3. The van der Waals surface area contributed by atoms with Crippen molar-refractivity contribution in [3.05, 3.63) is 83.6 Å². The Morgan fingerprint density at radius 3 is 2.46 bits per heavy atom. The van der Waals surface area contributed by atoms with E-state index in [9.17, 15) is 4.79 Å². The number of pyridine rings is 1. The Balaban J connectivity index is 1.57. The highest BCUT2D eigenvalue weighted by atomic mass is 16.5. The molecule has 0 unspecified atom stereocenters. The van der Waals surface area contributed by atoms with Crippen LogP contribution in [0.15, 0.2) is 66.9 Å². The van der Waals surface area contributed by atoms with E-state index in [-0.39, 0.29) is 5.91 Å². The Morgan fingerprint density at radius 1 is 1.04 bits per heavy atom. The molecule has 0 spiro atoms. The van der Waals surface area contributed by atoms with E-state index in [1.54, 1.807) is 25.4 Å². The van der Waals surface area contributed by atoms with E-state index in [0.717, 1.165) is 22.6 Å². The summed E-state index contributed by atoms with van der Waals surface area (Å²) in [6.45, 7) is 2.59. The molecule has 2 aromatic carbocycles. The maximum absolute atomic E-state index is 12.3. The largest absolute Gasteiger partial charge is 0.497 e. The number of rotatable bonds is 6. The van der Waals surface area contributed by atoms with Crippen LogP contribution in [0.25, 0.3) is 0 Å². The number of aryl methyl sites for hydroxylation is 1.